The number of benzene rings is 2. The Bertz CT molecular complexity index is 774. The van der Waals surface area contributed by atoms with Gasteiger partial charge in [0.25, 0.3) is 11.6 Å². The van der Waals surface area contributed by atoms with E-state index in [1.165, 1.54) is 25.1 Å². The molecule has 124 valence electrons. The van der Waals surface area contributed by atoms with E-state index in [1.807, 2.05) is 6.07 Å². The standard InChI is InChI=1S/C17H16N2O5/c1-11-13(8-5-9-15(11)19(23)24)16(20)18-14(17(21)22)10-12-6-3-2-4-7-12/h2-9,14H,10H2,1H3,(H,18,20)(H,21,22). The Kier molecular flexibility index (Phi) is 5.26. The van der Waals surface area contributed by atoms with Crippen LogP contribution in [0.3, 0.4) is 0 Å². The first kappa shape index (κ1) is 17.1. The number of nitrogens with one attached hydrogen (secondary N) is 1. The Morgan fingerprint density at radius 1 is 1.17 bits per heavy atom. The lowest BCUT2D eigenvalue weighted by molar-refractivity contribution is -0.385. The fourth-order valence-corrected chi connectivity index (χ4v) is 2.35. The summed E-state index contributed by atoms with van der Waals surface area (Å²) in [5, 5.41) is 22.7. The lowest BCUT2D eigenvalue weighted by atomic mass is 10.0. The summed E-state index contributed by atoms with van der Waals surface area (Å²) < 4.78 is 0. The normalized spacial score (nSPS) is 11.5. The smallest absolute Gasteiger partial charge is 0.326 e. The molecule has 1 unspecified atom stereocenters. The molecule has 24 heavy (non-hydrogen) atoms. The summed E-state index contributed by atoms with van der Waals surface area (Å²) in [6.07, 6.45) is 0.121. The molecule has 0 radical (unpaired) electrons. The van der Waals surface area contributed by atoms with Crippen LogP contribution in [0.1, 0.15) is 21.5 Å². The van der Waals surface area contributed by atoms with Gasteiger partial charge in [-0.05, 0) is 18.6 Å². The minimum absolute atomic E-state index is 0.0866. The topological polar surface area (TPSA) is 110 Å². The first-order valence-corrected chi connectivity index (χ1v) is 7.21. The summed E-state index contributed by atoms with van der Waals surface area (Å²) in [5.41, 5.74) is 0.867. The second-order valence-corrected chi connectivity index (χ2v) is 5.26. The highest BCUT2D eigenvalue weighted by atomic mass is 16.6. The van der Waals surface area contributed by atoms with E-state index < -0.39 is 22.8 Å². The predicted octanol–water partition coefficient (Wildman–Crippen LogP) is 2.33. The SMILES string of the molecule is Cc1c(C(=O)NC(Cc2ccccc2)C(=O)O)cccc1[N+](=O)[O-]. The summed E-state index contributed by atoms with van der Waals surface area (Å²) in [6.45, 7) is 1.46. The number of amides is 1. The Balaban J connectivity index is 2.21. The first-order valence-electron chi connectivity index (χ1n) is 7.21. The van der Waals surface area contributed by atoms with Crippen LogP contribution in [0.5, 0.6) is 0 Å². The Morgan fingerprint density at radius 3 is 2.42 bits per heavy atom. The summed E-state index contributed by atoms with van der Waals surface area (Å²) in [7, 11) is 0. The molecule has 0 heterocycles. The second-order valence-electron chi connectivity index (χ2n) is 5.26. The van der Waals surface area contributed by atoms with Crippen molar-refractivity contribution in [3.8, 4) is 0 Å². The number of rotatable bonds is 6. The summed E-state index contributed by atoms with van der Waals surface area (Å²) in [6, 6.07) is 11.9. The van der Waals surface area contributed by atoms with Crippen LogP contribution < -0.4 is 5.32 Å². The molecule has 0 bridgehead atoms. The number of nitro groups is 1. The van der Waals surface area contributed by atoms with Crippen molar-refractivity contribution in [2.24, 2.45) is 0 Å². The van der Waals surface area contributed by atoms with E-state index in [0.29, 0.717) is 0 Å². The lowest BCUT2D eigenvalue weighted by Crippen LogP contribution is -2.42. The zero-order chi connectivity index (χ0) is 17.7. The minimum Gasteiger partial charge on any atom is -0.480 e. The van der Waals surface area contributed by atoms with Crippen LogP contribution >= 0.6 is 0 Å². The molecular formula is C17H16N2O5. The van der Waals surface area contributed by atoms with Crippen LogP contribution in [0.2, 0.25) is 0 Å². The number of hydrogen-bond donors (Lipinski definition) is 2. The van der Waals surface area contributed by atoms with Crippen LogP contribution in [-0.2, 0) is 11.2 Å². The molecule has 1 amide bonds. The summed E-state index contributed by atoms with van der Waals surface area (Å²) in [5.74, 6) is -1.82. The maximum absolute atomic E-state index is 12.3. The van der Waals surface area contributed by atoms with Gasteiger partial charge in [-0.25, -0.2) is 4.79 Å². The molecule has 0 aliphatic carbocycles. The van der Waals surface area contributed by atoms with Crippen molar-refractivity contribution >= 4 is 17.6 Å². The average Bonchev–Trinajstić information content (AvgIpc) is 2.54. The average molecular weight is 328 g/mol. The third-order valence-electron chi connectivity index (χ3n) is 3.63. The van der Waals surface area contributed by atoms with Crippen LogP contribution in [0, 0.1) is 17.0 Å². The van der Waals surface area contributed by atoms with E-state index in [2.05, 4.69) is 5.32 Å². The van der Waals surface area contributed by atoms with Gasteiger partial charge in [-0.3, -0.25) is 14.9 Å². The van der Waals surface area contributed by atoms with Crippen LogP contribution in [0.4, 0.5) is 5.69 Å². The highest BCUT2D eigenvalue weighted by Gasteiger charge is 2.24. The van der Waals surface area contributed by atoms with Crippen LogP contribution in [0.15, 0.2) is 48.5 Å². The number of carbonyl (C=O) groups excluding carboxylic acids is 1. The zero-order valence-corrected chi connectivity index (χ0v) is 12.9. The highest BCUT2D eigenvalue weighted by Crippen LogP contribution is 2.21. The number of nitrogens with zero attached hydrogens (tertiary/aromatic N) is 1. The molecule has 1 atom stereocenters. The van der Waals surface area contributed by atoms with Gasteiger partial charge in [-0.2, -0.15) is 0 Å². The van der Waals surface area contributed by atoms with Gasteiger partial charge in [0.2, 0.25) is 0 Å². The third kappa shape index (κ3) is 3.95. The second kappa shape index (κ2) is 7.36. The van der Waals surface area contributed by atoms with Crippen molar-refractivity contribution < 1.29 is 19.6 Å². The zero-order valence-electron chi connectivity index (χ0n) is 12.9. The van der Waals surface area contributed by atoms with Gasteiger partial charge < -0.3 is 10.4 Å². The minimum atomic E-state index is -1.17. The monoisotopic (exact) mass is 328 g/mol. The van der Waals surface area contributed by atoms with Crippen molar-refractivity contribution in [2.75, 3.05) is 0 Å². The van der Waals surface area contributed by atoms with E-state index >= 15 is 0 Å². The van der Waals surface area contributed by atoms with Gasteiger partial charge in [0.15, 0.2) is 0 Å². The van der Waals surface area contributed by atoms with Crippen molar-refractivity contribution in [1.82, 2.24) is 5.32 Å². The molecule has 7 nitrogen and oxygen atoms in total. The highest BCUT2D eigenvalue weighted by molar-refractivity contribution is 5.98. The Morgan fingerprint density at radius 2 is 1.83 bits per heavy atom. The lowest BCUT2D eigenvalue weighted by Gasteiger charge is -2.15. The molecule has 0 spiro atoms. The molecule has 0 saturated carbocycles. The van der Waals surface area contributed by atoms with E-state index in [4.69, 9.17) is 0 Å². The van der Waals surface area contributed by atoms with Crippen molar-refractivity contribution in [2.45, 2.75) is 19.4 Å². The molecule has 0 saturated heterocycles. The Hall–Kier alpha value is -3.22. The number of carbonyl (C=O) groups is 2. The maximum atomic E-state index is 12.3. The van der Waals surface area contributed by atoms with Gasteiger partial charge in [-0.1, -0.05) is 36.4 Å². The van der Waals surface area contributed by atoms with Crippen LogP contribution in [-0.4, -0.2) is 27.9 Å². The number of carboxylic acid groups (broad SMARTS) is 1. The summed E-state index contributed by atoms with van der Waals surface area (Å²) in [4.78, 5) is 34.1. The van der Waals surface area contributed by atoms with E-state index in [9.17, 15) is 24.8 Å². The van der Waals surface area contributed by atoms with Gasteiger partial charge in [0, 0.05) is 23.6 Å². The number of carboxylic acids is 1. The maximum Gasteiger partial charge on any atom is 0.326 e. The van der Waals surface area contributed by atoms with Gasteiger partial charge >= 0.3 is 5.97 Å². The van der Waals surface area contributed by atoms with E-state index in [1.54, 1.807) is 24.3 Å². The molecule has 0 aliphatic heterocycles. The van der Waals surface area contributed by atoms with Crippen molar-refractivity contribution in [3.63, 3.8) is 0 Å². The number of nitro benzene ring substituents is 1. The van der Waals surface area contributed by atoms with E-state index in [-0.39, 0.29) is 23.2 Å². The predicted molar refractivity (Wildman–Crippen MR) is 86.9 cm³/mol. The first-order chi connectivity index (χ1) is 11.4. The molecule has 2 aromatic rings. The summed E-state index contributed by atoms with van der Waals surface area (Å²) >= 11 is 0. The molecular weight excluding hydrogens is 312 g/mol. The number of aliphatic carboxylic acids is 1. The number of hydrogen-bond acceptors (Lipinski definition) is 4. The molecule has 0 fully saturated rings. The van der Waals surface area contributed by atoms with Gasteiger partial charge in [0.1, 0.15) is 6.04 Å². The third-order valence-corrected chi connectivity index (χ3v) is 3.63. The molecule has 7 heteroatoms. The largest absolute Gasteiger partial charge is 0.480 e. The van der Waals surface area contributed by atoms with Crippen molar-refractivity contribution in [3.05, 3.63) is 75.3 Å². The van der Waals surface area contributed by atoms with Gasteiger partial charge in [-0.15, -0.1) is 0 Å². The molecule has 0 aromatic heterocycles. The quantitative estimate of drug-likeness (QED) is 0.625. The molecule has 0 aliphatic rings. The van der Waals surface area contributed by atoms with E-state index in [0.717, 1.165) is 5.56 Å². The fourth-order valence-electron chi connectivity index (χ4n) is 2.35. The van der Waals surface area contributed by atoms with Crippen molar-refractivity contribution in [1.29, 1.82) is 0 Å². The fraction of sp³-hybridized carbons (Fsp3) is 0.176. The molecule has 2 N–H and O–H groups in total. The molecule has 2 rings (SSSR count). The molecule has 2 aromatic carbocycles. The van der Waals surface area contributed by atoms with Gasteiger partial charge in [0.05, 0.1) is 4.92 Å². The Labute approximate surface area is 138 Å². The van der Waals surface area contributed by atoms with Crippen LogP contribution in [0.25, 0.3) is 0 Å².